The molecule has 0 bridgehead atoms. The molecule has 3 aromatic heterocycles. The van der Waals surface area contributed by atoms with Crippen LogP contribution in [0.15, 0.2) is 52.4 Å². The Hall–Kier alpha value is -3.27. The first-order valence-corrected chi connectivity index (χ1v) is 11.9. The Morgan fingerprint density at radius 2 is 1.94 bits per heavy atom. The van der Waals surface area contributed by atoms with E-state index in [1.165, 1.54) is 4.57 Å². The molecule has 0 amide bonds. The van der Waals surface area contributed by atoms with Gasteiger partial charge in [-0.1, -0.05) is 50.1 Å². The zero-order chi connectivity index (χ0) is 23.4. The lowest BCUT2D eigenvalue weighted by atomic mass is 10.2. The third-order valence-electron chi connectivity index (χ3n) is 5.58. The van der Waals surface area contributed by atoms with Crippen molar-refractivity contribution in [3.8, 4) is 11.3 Å². The van der Waals surface area contributed by atoms with Gasteiger partial charge in [0.15, 0.2) is 15.9 Å². The predicted octanol–water partition coefficient (Wildman–Crippen LogP) is 4.13. The average Bonchev–Trinajstić information content (AvgIpc) is 3.44. The van der Waals surface area contributed by atoms with Crippen LogP contribution in [0.1, 0.15) is 39.0 Å². The zero-order valence-corrected chi connectivity index (χ0v) is 20.1. The monoisotopic (exact) mass is 510 g/mol. The first-order valence-electron chi connectivity index (χ1n) is 11.1. The summed E-state index contributed by atoms with van der Waals surface area (Å²) in [6.45, 7) is 3.36. The lowest BCUT2D eigenvalue weighted by Crippen LogP contribution is -2.44. The number of nitrogens with one attached hydrogen (secondary N) is 3. The highest BCUT2D eigenvalue weighted by Gasteiger charge is 2.17. The first-order chi connectivity index (χ1) is 16.0. The Labute approximate surface area is 199 Å². The third kappa shape index (κ3) is 4.90. The standard InChI is InChI=1S/C23H27BrN8O/c1-2-3-7-13-31-20-19(28-22(24)29-20)21(33)32(23(31)26)18(25)11-8-12-30-14-17(27-15-30)16-9-5-4-6-10-16/h4-6,9-10,14-15,25-26H,2-3,7-8,11-13H2,1H3,(H,28,29). The maximum absolute atomic E-state index is 13.1. The zero-order valence-electron chi connectivity index (χ0n) is 18.5. The molecule has 4 aromatic rings. The maximum atomic E-state index is 13.1. The molecule has 0 fully saturated rings. The summed E-state index contributed by atoms with van der Waals surface area (Å²) >= 11 is 3.30. The number of aromatic nitrogens is 6. The first kappa shape index (κ1) is 22.9. The number of unbranched alkanes of at least 4 members (excludes halogenated alkanes) is 2. The second-order valence-corrected chi connectivity index (χ2v) is 8.71. The van der Waals surface area contributed by atoms with Gasteiger partial charge in [0.25, 0.3) is 5.56 Å². The quantitative estimate of drug-likeness (QED) is 0.136. The molecule has 1 aromatic carbocycles. The van der Waals surface area contributed by atoms with Crippen molar-refractivity contribution >= 4 is 32.9 Å². The van der Waals surface area contributed by atoms with Crippen LogP contribution in [0.5, 0.6) is 0 Å². The van der Waals surface area contributed by atoms with E-state index in [9.17, 15) is 4.79 Å². The van der Waals surface area contributed by atoms with Gasteiger partial charge in [-0.25, -0.2) is 14.5 Å². The Balaban J connectivity index is 1.52. The van der Waals surface area contributed by atoms with Crippen molar-refractivity contribution in [1.29, 1.82) is 10.8 Å². The van der Waals surface area contributed by atoms with Gasteiger partial charge in [0, 0.05) is 31.3 Å². The summed E-state index contributed by atoms with van der Waals surface area (Å²) in [5.41, 5.74) is 2.28. The number of rotatable bonds is 9. The van der Waals surface area contributed by atoms with E-state index in [1.54, 1.807) is 10.9 Å². The lowest BCUT2D eigenvalue weighted by Gasteiger charge is -2.14. The van der Waals surface area contributed by atoms with E-state index in [1.807, 2.05) is 41.1 Å². The molecule has 0 atom stereocenters. The number of hydrogen-bond donors (Lipinski definition) is 3. The minimum atomic E-state index is -0.418. The van der Waals surface area contributed by atoms with Crippen LogP contribution >= 0.6 is 15.9 Å². The Morgan fingerprint density at radius 1 is 1.15 bits per heavy atom. The van der Waals surface area contributed by atoms with E-state index >= 15 is 0 Å². The van der Waals surface area contributed by atoms with E-state index in [2.05, 4.69) is 37.8 Å². The molecule has 0 aliphatic heterocycles. The molecule has 0 radical (unpaired) electrons. The smallest absolute Gasteiger partial charge is 0.286 e. The fraction of sp³-hybridized carbons (Fsp3) is 0.348. The van der Waals surface area contributed by atoms with Crippen molar-refractivity contribution in [2.24, 2.45) is 0 Å². The third-order valence-corrected chi connectivity index (χ3v) is 5.96. The molecule has 3 N–H and O–H groups in total. The fourth-order valence-corrected chi connectivity index (χ4v) is 4.24. The van der Waals surface area contributed by atoms with Crippen LogP contribution in [0.25, 0.3) is 22.4 Å². The lowest BCUT2D eigenvalue weighted by molar-refractivity contribution is 0.563. The predicted molar refractivity (Wildman–Crippen MR) is 131 cm³/mol. The largest absolute Gasteiger partial charge is 0.337 e. The van der Waals surface area contributed by atoms with Crippen molar-refractivity contribution in [2.75, 3.05) is 0 Å². The van der Waals surface area contributed by atoms with Crippen LogP contribution in [0.3, 0.4) is 0 Å². The summed E-state index contributed by atoms with van der Waals surface area (Å²) < 4.78 is 5.32. The highest BCUT2D eigenvalue weighted by molar-refractivity contribution is 9.10. The topological polar surface area (TPSA) is 121 Å². The summed E-state index contributed by atoms with van der Waals surface area (Å²) in [4.78, 5) is 24.8. The highest BCUT2D eigenvalue weighted by Crippen LogP contribution is 2.16. The number of aromatic amines is 1. The van der Waals surface area contributed by atoms with Gasteiger partial charge in [0.1, 0.15) is 5.84 Å². The van der Waals surface area contributed by atoms with Crippen LogP contribution < -0.4 is 11.2 Å². The van der Waals surface area contributed by atoms with E-state index < -0.39 is 5.56 Å². The fourth-order valence-electron chi connectivity index (χ4n) is 3.87. The number of imidazole rings is 2. The number of hydrogen-bond acceptors (Lipinski definition) is 5. The van der Waals surface area contributed by atoms with Crippen molar-refractivity contribution < 1.29 is 0 Å². The van der Waals surface area contributed by atoms with Crippen molar-refractivity contribution in [3.63, 3.8) is 0 Å². The van der Waals surface area contributed by atoms with Gasteiger partial charge >= 0.3 is 0 Å². The molecule has 0 spiro atoms. The van der Waals surface area contributed by atoms with Crippen molar-refractivity contribution in [2.45, 2.75) is 52.1 Å². The van der Waals surface area contributed by atoms with Crippen LogP contribution in [0, 0.1) is 10.8 Å². The summed E-state index contributed by atoms with van der Waals surface area (Å²) in [5, 5.41) is 17.2. The van der Waals surface area contributed by atoms with Crippen molar-refractivity contribution in [1.82, 2.24) is 28.7 Å². The molecule has 4 rings (SSSR count). The van der Waals surface area contributed by atoms with Gasteiger partial charge in [0.2, 0.25) is 5.62 Å². The van der Waals surface area contributed by atoms with E-state index in [4.69, 9.17) is 10.8 Å². The molecule has 10 heteroatoms. The second-order valence-electron chi connectivity index (χ2n) is 7.96. The molecule has 0 saturated heterocycles. The molecular weight excluding hydrogens is 484 g/mol. The Kier molecular flexibility index (Phi) is 7.02. The number of nitrogens with zero attached hydrogens (tertiary/aromatic N) is 5. The van der Waals surface area contributed by atoms with Gasteiger partial charge in [-0.05, 0) is 28.8 Å². The number of benzene rings is 1. The van der Waals surface area contributed by atoms with Gasteiger partial charge in [-0.2, -0.15) is 0 Å². The molecule has 9 nitrogen and oxygen atoms in total. The molecule has 0 aliphatic carbocycles. The van der Waals surface area contributed by atoms with Gasteiger partial charge in [-0.15, -0.1) is 0 Å². The number of halogens is 1. The summed E-state index contributed by atoms with van der Waals surface area (Å²) in [6, 6.07) is 9.97. The van der Waals surface area contributed by atoms with Crippen LogP contribution in [-0.2, 0) is 13.1 Å². The normalized spacial score (nSPS) is 11.3. The van der Waals surface area contributed by atoms with E-state index in [-0.39, 0.29) is 11.5 Å². The molecule has 3 heterocycles. The Bertz CT molecular complexity index is 1380. The van der Waals surface area contributed by atoms with Gasteiger partial charge in [-0.3, -0.25) is 20.2 Å². The molecule has 0 aliphatic rings. The van der Waals surface area contributed by atoms with Crippen LogP contribution in [-0.4, -0.2) is 34.5 Å². The number of aryl methyl sites for hydroxylation is 2. The van der Waals surface area contributed by atoms with E-state index in [0.717, 1.165) is 30.5 Å². The minimum Gasteiger partial charge on any atom is -0.337 e. The van der Waals surface area contributed by atoms with Crippen LogP contribution in [0.4, 0.5) is 0 Å². The SMILES string of the molecule is CCCCCn1c(=N)n(C(=N)CCCn2cnc(-c3ccccc3)c2)c(=O)c2[nH]c(Br)nc21. The van der Waals surface area contributed by atoms with Gasteiger partial charge in [0.05, 0.1) is 12.0 Å². The average molecular weight is 511 g/mol. The number of H-pyrrole nitrogens is 1. The molecule has 33 heavy (non-hydrogen) atoms. The van der Waals surface area contributed by atoms with Crippen molar-refractivity contribution in [3.05, 3.63) is 63.6 Å². The summed E-state index contributed by atoms with van der Waals surface area (Å²) in [6.07, 6.45) is 7.72. The maximum Gasteiger partial charge on any atom is 0.286 e. The number of fused-ring (bicyclic) bond motifs is 1. The highest BCUT2D eigenvalue weighted by atomic mass is 79.9. The van der Waals surface area contributed by atoms with Crippen LogP contribution in [0.2, 0.25) is 0 Å². The molecule has 0 saturated carbocycles. The second kappa shape index (κ2) is 10.1. The molecular formula is C23H27BrN8O. The molecule has 172 valence electrons. The van der Waals surface area contributed by atoms with Gasteiger partial charge < -0.3 is 9.55 Å². The Morgan fingerprint density at radius 3 is 2.70 bits per heavy atom. The minimum absolute atomic E-state index is 0.0124. The molecule has 0 unspecified atom stereocenters. The summed E-state index contributed by atoms with van der Waals surface area (Å²) in [5.74, 6) is 0.102. The van der Waals surface area contributed by atoms with E-state index in [0.29, 0.717) is 41.8 Å². The summed E-state index contributed by atoms with van der Waals surface area (Å²) in [7, 11) is 0.